The summed E-state index contributed by atoms with van der Waals surface area (Å²) in [5, 5.41) is 5.52. The van der Waals surface area contributed by atoms with Gasteiger partial charge in [-0.2, -0.15) is 0 Å². The summed E-state index contributed by atoms with van der Waals surface area (Å²) in [5.41, 5.74) is 4.69. The minimum absolute atomic E-state index is 0.0561. The number of methoxy groups -OCH3 is 1. The summed E-state index contributed by atoms with van der Waals surface area (Å²) in [7, 11) is 1.70. The van der Waals surface area contributed by atoms with Gasteiger partial charge in [0.2, 0.25) is 0 Å². The summed E-state index contributed by atoms with van der Waals surface area (Å²) in [6, 6.07) is 6.87. The molecule has 1 saturated heterocycles. The topological polar surface area (TPSA) is 55.6 Å². The maximum Gasteiger partial charge on any atom is 0.261 e. The van der Waals surface area contributed by atoms with Gasteiger partial charge in [-0.3, -0.25) is 9.20 Å². The Morgan fingerprint density at radius 3 is 2.91 bits per heavy atom. The number of benzene rings is 1. The third-order valence-electron chi connectivity index (χ3n) is 7.15. The fourth-order valence-corrected chi connectivity index (χ4v) is 5.83. The second-order valence-corrected chi connectivity index (χ2v) is 10.2. The lowest BCUT2D eigenvalue weighted by Crippen LogP contribution is -2.36. The molecule has 35 heavy (non-hydrogen) atoms. The molecular weight excluding hydrogens is 461 g/mol. The van der Waals surface area contributed by atoms with Crippen molar-refractivity contribution in [3.63, 3.8) is 0 Å². The summed E-state index contributed by atoms with van der Waals surface area (Å²) < 4.78 is 20.9. The van der Waals surface area contributed by atoms with E-state index in [1.165, 1.54) is 34.6 Å². The number of piperidine rings is 1. The average molecular weight is 492 g/mol. The zero-order chi connectivity index (χ0) is 24.4. The number of fused-ring (bicyclic) bond motifs is 1. The highest BCUT2D eigenvalue weighted by molar-refractivity contribution is 7.15. The molecule has 1 aliphatic heterocycles. The lowest BCUT2D eigenvalue weighted by atomic mass is 9.84. The fourth-order valence-electron chi connectivity index (χ4n) is 5.08. The Labute approximate surface area is 208 Å². The van der Waals surface area contributed by atoms with Crippen molar-refractivity contribution in [1.82, 2.24) is 14.7 Å². The zero-order valence-corrected chi connectivity index (χ0v) is 20.9. The summed E-state index contributed by atoms with van der Waals surface area (Å²) in [5.74, 6) is -0.245. The monoisotopic (exact) mass is 491 g/mol. The average Bonchev–Trinajstić information content (AvgIpc) is 3.34. The first-order valence-corrected chi connectivity index (χ1v) is 12.9. The van der Waals surface area contributed by atoms with Crippen LogP contribution in [-0.4, -0.2) is 29.1 Å². The molecule has 0 radical (unpaired) electrons. The highest BCUT2D eigenvalue weighted by Gasteiger charge is 2.30. The van der Waals surface area contributed by atoms with E-state index >= 15 is 0 Å². The van der Waals surface area contributed by atoms with Gasteiger partial charge in [0.15, 0.2) is 4.96 Å². The van der Waals surface area contributed by atoms with Crippen molar-refractivity contribution in [3.8, 4) is 0 Å². The number of thiazole rings is 1. The number of aromatic nitrogens is 2. The second kappa shape index (κ2) is 10.0. The van der Waals surface area contributed by atoms with E-state index in [9.17, 15) is 9.18 Å². The number of nitrogens with zero attached hydrogens (tertiary/aromatic N) is 2. The molecule has 3 heterocycles. The van der Waals surface area contributed by atoms with Gasteiger partial charge >= 0.3 is 0 Å². The maximum atomic E-state index is 13.4. The van der Waals surface area contributed by atoms with Crippen LogP contribution in [0.5, 0.6) is 0 Å². The van der Waals surface area contributed by atoms with Crippen LogP contribution in [0.4, 0.5) is 4.39 Å². The summed E-state index contributed by atoms with van der Waals surface area (Å²) in [6.45, 7) is 2.87. The van der Waals surface area contributed by atoms with Crippen LogP contribution in [0.25, 0.3) is 4.96 Å². The number of hydrogen-bond donors (Lipinski definition) is 1. The van der Waals surface area contributed by atoms with Gasteiger partial charge in [0.1, 0.15) is 11.4 Å². The zero-order valence-electron chi connectivity index (χ0n) is 20.1. The van der Waals surface area contributed by atoms with Crippen molar-refractivity contribution in [2.24, 2.45) is 0 Å². The van der Waals surface area contributed by atoms with Crippen molar-refractivity contribution in [3.05, 3.63) is 104 Å². The predicted molar refractivity (Wildman–Crippen MR) is 138 cm³/mol. The van der Waals surface area contributed by atoms with E-state index in [0.29, 0.717) is 12.5 Å². The Balaban J connectivity index is 1.25. The third-order valence-corrected chi connectivity index (χ3v) is 7.91. The van der Waals surface area contributed by atoms with Crippen LogP contribution in [0.3, 0.4) is 0 Å². The van der Waals surface area contributed by atoms with Gasteiger partial charge in [0.25, 0.3) is 5.56 Å². The Morgan fingerprint density at radius 2 is 2.17 bits per heavy atom. The van der Waals surface area contributed by atoms with Gasteiger partial charge in [0, 0.05) is 42.4 Å². The lowest BCUT2D eigenvalue weighted by Gasteiger charge is -2.31. The molecule has 0 spiro atoms. The number of nitrogens with one attached hydrogen (secondary N) is 1. The Morgan fingerprint density at radius 1 is 1.34 bits per heavy atom. The number of ether oxygens (including phenoxy) is 1. The summed E-state index contributed by atoms with van der Waals surface area (Å²) in [6.07, 6.45) is 14.8. The molecule has 0 saturated carbocycles. The second-order valence-electron chi connectivity index (χ2n) is 9.33. The fraction of sp³-hybridized carbons (Fsp3) is 0.357. The van der Waals surface area contributed by atoms with E-state index in [1.807, 2.05) is 12.3 Å². The van der Waals surface area contributed by atoms with Crippen LogP contribution < -0.4 is 10.9 Å². The van der Waals surface area contributed by atoms with Gasteiger partial charge in [-0.05, 0) is 68.5 Å². The van der Waals surface area contributed by atoms with Gasteiger partial charge in [-0.15, -0.1) is 11.3 Å². The van der Waals surface area contributed by atoms with Crippen molar-refractivity contribution in [2.45, 2.75) is 50.7 Å². The third kappa shape index (κ3) is 4.94. The van der Waals surface area contributed by atoms with Gasteiger partial charge in [0.05, 0.1) is 0 Å². The van der Waals surface area contributed by atoms with Gasteiger partial charge in [-0.25, -0.2) is 9.37 Å². The van der Waals surface area contributed by atoms with E-state index in [-0.39, 0.29) is 11.4 Å². The molecule has 182 valence electrons. The highest BCUT2D eigenvalue weighted by atomic mass is 32.1. The number of allylic oxidation sites excluding steroid dienone is 3. The van der Waals surface area contributed by atoms with E-state index in [0.717, 1.165) is 54.0 Å². The SMILES string of the molecule is COC1(c2ccc(F)cc2)C=CC(C=C2CCNC(CCc3c(C)nc4sccn4c3=O)C2)=CC1. The molecule has 2 unspecified atom stereocenters. The quantitative estimate of drug-likeness (QED) is 0.512. The van der Waals surface area contributed by atoms with Gasteiger partial charge in [-0.1, -0.05) is 35.9 Å². The highest BCUT2D eigenvalue weighted by Crippen LogP contribution is 2.35. The Hall–Kier alpha value is -2.87. The van der Waals surface area contributed by atoms with E-state index < -0.39 is 5.60 Å². The number of aryl methyl sites for hydroxylation is 1. The molecule has 1 N–H and O–H groups in total. The van der Waals surface area contributed by atoms with E-state index in [1.54, 1.807) is 29.8 Å². The van der Waals surface area contributed by atoms with Crippen LogP contribution in [0.2, 0.25) is 0 Å². The molecule has 1 fully saturated rings. The number of hydrogen-bond acceptors (Lipinski definition) is 5. The van der Waals surface area contributed by atoms with Crippen LogP contribution in [0.1, 0.15) is 42.5 Å². The molecular formula is C28H30FN3O2S. The Bertz CT molecular complexity index is 1370. The van der Waals surface area contributed by atoms with Crippen LogP contribution >= 0.6 is 11.3 Å². The Kier molecular flexibility index (Phi) is 6.82. The van der Waals surface area contributed by atoms with E-state index in [4.69, 9.17) is 4.74 Å². The molecule has 2 aromatic heterocycles. The first-order valence-electron chi connectivity index (χ1n) is 12.1. The molecule has 1 aliphatic carbocycles. The predicted octanol–water partition coefficient (Wildman–Crippen LogP) is 5.24. The number of halogens is 1. The first kappa shape index (κ1) is 23.9. The molecule has 0 amide bonds. The smallest absolute Gasteiger partial charge is 0.261 e. The molecule has 3 aromatic rings. The number of rotatable bonds is 6. The van der Waals surface area contributed by atoms with Crippen LogP contribution in [0, 0.1) is 12.7 Å². The molecule has 5 rings (SSSR count). The normalized spacial score (nSPS) is 23.7. The molecule has 5 nitrogen and oxygen atoms in total. The first-order chi connectivity index (χ1) is 17.0. The summed E-state index contributed by atoms with van der Waals surface area (Å²) >= 11 is 1.49. The molecule has 2 atom stereocenters. The largest absolute Gasteiger partial charge is 0.369 e. The van der Waals surface area contributed by atoms with Crippen molar-refractivity contribution >= 4 is 16.3 Å². The van der Waals surface area contributed by atoms with Crippen molar-refractivity contribution in [1.29, 1.82) is 0 Å². The summed E-state index contributed by atoms with van der Waals surface area (Å²) in [4.78, 5) is 18.2. The molecule has 1 aromatic carbocycles. The minimum Gasteiger partial charge on any atom is -0.369 e. The van der Waals surface area contributed by atoms with Crippen LogP contribution in [0.15, 0.2) is 76.1 Å². The van der Waals surface area contributed by atoms with Crippen molar-refractivity contribution in [2.75, 3.05) is 13.7 Å². The van der Waals surface area contributed by atoms with Crippen molar-refractivity contribution < 1.29 is 9.13 Å². The molecule has 7 heteroatoms. The minimum atomic E-state index is -0.560. The molecule has 0 bridgehead atoms. The lowest BCUT2D eigenvalue weighted by molar-refractivity contribution is 0.0304. The molecule has 2 aliphatic rings. The van der Waals surface area contributed by atoms with Crippen LogP contribution in [-0.2, 0) is 16.8 Å². The van der Waals surface area contributed by atoms with Gasteiger partial charge < -0.3 is 10.1 Å². The maximum absolute atomic E-state index is 13.4. The van der Waals surface area contributed by atoms with E-state index in [2.05, 4.69) is 34.6 Å². The standard InChI is InChI=1S/C28H30FN3O2S/c1-19-25(26(33)32-15-16-35-27(32)31-19)8-7-24-18-21(11-14-30-24)17-20-9-12-28(34-2,13-10-20)22-3-5-23(29)6-4-22/h3-6,9-10,12,15-17,24,30H,7-8,11,13-14,18H2,1-2H3.